The van der Waals surface area contributed by atoms with Crippen molar-refractivity contribution in [3.8, 4) is 11.5 Å². The van der Waals surface area contributed by atoms with E-state index in [1.807, 2.05) is 55.5 Å². The van der Waals surface area contributed by atoms with E-state index in [4.69, 9.17) is 9.47 Å². The van der Waals surface area contributed by atoms with E-state index in [0.717, 1.165) is 22.6 Å². The molecule has 4 rings (SSSR count). The van der Waals surface area contributed by atoms with Gasteiger partial charge in [0, 0.05) is 11.9 Å². The van der Waals surface area contributed by atoms with Crippen LogP contribution in [0.3, 0.4) is 0 Å². The molecule has 0 spiro atoms. The van der Waals surface area contributed by atoms with Crippen molar-refractivity contribution in [1.29, 1.82) is 0 Å². The summed E-state index contributed by atoms with van der Waals surface area (Å²) in [6.07, 6.45) is 1.63. The van der Waals surface area contributed by atoms with Crippen LogP contribution < -0.4 is 14.4 Å². The summed E-state index contributed by atoms with van der Waals surface area (Å²) in [5.74, 6) is 1.29. The van der Waals surface area contributed by atoms with Crippen molar-refractivity contribution in [2.45, 2.75) is 13.5 Å². The second-order valence-electron chi connectivity index (χ2n) is 6.08. The van der Waals surface area contributed by atoms with Gasteiger partial charge in [-0.05, 0) is 48.4 Å². The van der Waals surface area contributed by atoms with Crippen LogP contribution in [0.1, 0.15) is 21.6 Å². The number of aromatic nitrogens is 1. The number of anilines is 1. The fourth-order valence-corrected chi connectivity index (χ4v) is 2.98. The number of fused-ring (bicyclic) bond motifs is 1. The minimum Gasteiger partial charge on any atom is -0.454 e. The van der Waals surface area contributed by atoms with Crippen molar-refractivity contribution in [2.24, 2.45) is 0 Å². The van der Waals surface area contributed by atoms with Crippen molar-refractivity contribution in [2.75, 3.05) is 11.7 Å². The highest BCUT2D eigenvalue weighted by atomic mass is 16.7. The normalized spacial score (nSPS) is 12.0. The Labute approximate surface area is 151 Å². The summed E-state index contributed by atoms with van der Waals surface area (Å²) >= 11 is 0. The van der Waals surface area contributed by atoms with Gasteiger partial charge >= 0.3 is 0 Å². The Bertz CT molecular complexity index is 941. The van der Waals surface area contributed by atoms with E-state index in [9.17, 15) is 4.79 Å². The minimum atomic E-state index is -0.141. The number of carbonyl (C=O) groups is 1. The van der Waals surface area contributed by atoms with E-state index >= 15 is 0 Å². The Balaban J connectivity index is 1.71. The number of carbonyl (C=O) groups excluding carboxylic acids is 1. The number of nitrogens with zero attached hydrogens (tertiary/aromatic N) is 2. The van der Waals surface area contributed by atoms with Crippen molar-refractivity contribution in [3.63, 3.8) is 0 Å². The van der Waals surface area contributed by atoms with Gasteiger partial charge in [-0.3, -0.25) is 9.78 Å². The molecule has 0 saturated carbocycles. The Hall–Kier alpha value is -3.34. The molecule has 0 unspecified atom stereocenters. The second kappa shape index (κ2) is 6.88. The number of para-hydroxylation sites is 1. The summed E-state index contributed by atoms with van der Waals surface area (Å²) in [7, 11) is 0. The van der Waals surface area contributed by atoms with Crippen LogP contribution in [0, 0.1) is 6.92 Å². The SMILES string of the molecule is Cc1ccccc1N(Cc1ccc2c(c1)OCO2)C(=O)c1ccccn1. The van der Waals surface area contributed by atoms with Gasteiger partial charge in [0.15, 0.2) is 11.5 Å². The van der Waals surface area contributed by atoms with E-state index in [1.165, 1.54) is 0 Å². The first-order valence-electron chi connectivity index (χ1n) is 8.39. The molecule has 1 aromatic heterocycles. The van der Waals surface area contributed by atoms with Crippen LogP contribution >= 0.6 is 0 Å². The predicted octanol–water partition coefficient (Wildman–Crippen LogP) is 3.97. The van der Waals surface area contributed by atoms with Crippen LogP contribution in [0.4, 0.5) is 5.69 Å². The molecule has 0 atom stereocenters. The molecule has 26 heavy (non-hydrogen) atoms. The van der Waals surface area contributed by atoms with Crippen LogP contribution in [0.5, 0.6) is 11.5 Å². The molecule has 3 aromatic rings. The van der Waals surface area contributed by atoms with Gasteiger partial charge in [-0.2, -0.15) is 0 Å². The average molecular weight is 346 g/mol. The third-order valence-corrected chi connectivity index (χ3v) is 4.31. The van der Waals surface area contributed by atoms with Crippen LogP contribution in [-0.2, 0) is 6.54 Å². The van der Waals surface area contributed by atoms with Gasteiger partial charge in [0.05, 0.1) is 6.54 Å². The zero-order chi connectivity index (χ0) is 17.9. The Kier molecular flexibility index (Phi) is 4.27. The number of hydrogen-bond donors (Lipinski definition) is 0. The van der Waals surface area contributed by atoms with E-state index in [0.29, 0.717) is 18.0 Å². The molecule has 0 bridgehead atoms. The smallest absolute Gasteiger partial charge is 0.277 e. The first-order valence-corrected chi connectivity index (χ1v) is 8.39. The molecule has 5 nitrogen and oxygen atoms in total. The molecule has 1 aliphatic rings. The van der Waals surface area contributed by atoms with E-state index in [1.54, 1.807) is 23.2 Å². The second-order valence-corrected chi connectivity index (χ2v) is 6.08. The summed E-state index contributed by atoms with van der Waals surface area (Å²) in [5, 5.41) is 0. The third-order valence-electron chi connectivity index (χ3n) is 4.31. The highest BCUT2D eigenvalue weighted by molar-refractivity contribution is 6.05. The highest BCUT2D eigenvalue weighted by Crippen LogP contribution is 2.33. The zero-order valence-corrected chi connectivity index (χ0v) is 14.4. The number of pyridine rings is 1. The summed E-state index contributed by atoms with van der Waals surface area (Å²) in [4.78, 5) is 19.1. The molecule has 0 radical (unpaired) electrons. The summed E-state index contributed by atoms with van der Waals surface area (Å²) in [5.41, 5.74) is 3.26. The first-order chi connectivity index (χ1) is 12.7. The molecule has 1 aliphatic heterocycles. The lowest BCUT2D eigenvalue weighted by Crippen LogP contribution is -2.31. The number of amides is 1. The fraction of sp³-hybridized carbons (Fsp3) is 0.143. The largest absolute Gasteiger partial charge is 0.454 e. The fourth-order valence-electron chi connectivity index (χ4n) is 2.98. The highest BCUT2D eigenvalue weighted by Gasteiger charge is 2.22. The van der Waals surface area contributed by atoms with Crippen LogP contribution in [0.2, 0.25) is 0 Å². The van der Waals surface area contributed by atoms with Crippen LogP contribution in [-0.4, -0.2) is 17.7 Å². The Morgan fingerprint density at radius 3 is 2.65 bits per heavy atom. The van der Waals surface area contributed by atoms with Crippen LogP contribution in [0.25, 0.3) is 0 Å². The van der Waals surface area contributed by atoms with Crippen molar-refractivity contribution >= 4 is 11.6 Å². The maximum absolute atomic E-state index is 13.1. The number of aryl methyl sites for hydroxylation is 1. The van der Waals surface area contributed by atoms with E-state index in [-0.39, 0.29) is 12.7 Å². The van der Waals surface area contributed by atoms with E-state index in [2.05, 4.69) is 4.98 Å². The molecule has 0 fully saturated rings. The molecule has 0 N–H and O–H groups in total. The number of hydrogen-bond acceptors (Lipinski definition) is 4. The van der Waals surface area contributed by atoms with Gasteiger partial charge < -0.3 is 14.4 Å². The van der Waals surface area contributed by atoms with Gasteiger partial charge in [-0.15, -0.1) is 0 Å². The predicted molar refractivity (Wildman–Crippen MR) is 98.5 cm³/mol. The van der Waals surface area contributed by atoms with E-state index < -0.39 is 0 Å². The monoisotopic (exact) mass is 346 g/mol. The Morgan fingerprint density at radius 1 is 1.04 bits per heavy atom. The van der Waals surface area contributed by atoms with Gasteiger partial charge in [0.25, 0.3) is 5.91 Å². The average Bonchev–Trinajstić information content (AvgIpc) is 3.15. The lowest BCUT2D eigenvalue weighted by atomic mass is 10.1. The van der Waals surface area contributed by atoms with Gasteiger partial charge in [0.2, 0.25) is 6.79 Å². The van der Waals surface area contributed by atoms with Crippen molar-refractivity contribution in [1.82, 2.24) is 4.98 Å². The maximum atomic E-state index is 13.1. The summed E-state index contributed by atoms with van der Waals surface area (Å²) in [6, 6.07) is 18.9. The zero-order valence-electron chi connectivity index (χ0n) is 14.4. The molecule has 0 aliphatic carbocycles. The first kappa shape index (κ1) is 16.1. The number of ether oxygens (including phenoxy) is 2. The summed E-state index contributed by atoms with van der Waals surface area (Å²) in [6.45, 7) is 2.64. The van der Waals surface area contributed by atoms with Crippen molar-refractivity contribution < 1.29 is 14.3 Å². The number of rotatable bonds is 4. The molecule has 1 amide bonds. The molecule has 0 saturated heterocycles. The topological polar surface area (TPSA) is 51.7 Å². The standard InChI is InChI=1S/C21H18N2O3/c1-15-6-2-3-8-18(15)23(21(24)17-7-4-5-11-22-17)13-16-9-10-19-20(12-16)26-14-25-19/h2-12H,13-14H2,1H3. The maximum Gasteiger partial charge on any atom is 0.277 e. The van der Waals surface area contributed by atoms with Crippen molar-refractivity contribution in [3.05, 3.63) is 83.7 Å². The molecule has 2 heterocycles. The molecule has 2 aromatic carbocycles. The lowest BCUT2D eigenvalue weighted by Gasteiger charge is -2.24. The van der Waals surface area contributed by atoms with Gasteiger partial charge in [-0.25, -0.2) is 0 Å². The molecule has 5 heteroatoms. The molecular formula is C21H18N2O3. The van der Waals surface area contributed by atoms with Gasteiger partial charge in [-0.1, -0.05) is 30.3 Å². The molecular weight excluding hydrogens is 328 g/mol. The molecule has 130 valence electrons. The minimum absolute atomic E-state index is 0.141. The quantitative estimate of drug-likeness (QED) is 0.717. The Morgan fingerprint density at radius 2 is 1.85 bits per heavy atom. The lowest BCUT2D eigenvalue weighted by molar-refractivity contribution is 0.0980. The number of benzene rings is 2. The third kappa shape index (κ3) is 3.11. The van der Waals surface area contributed by atoms with Gasteiger partial charge in [0.1, 0.15) is 5.69 Å². The van der Waals surface area contributed by atoms with Crippen LogP contribution in [0.15, 0.2) is 66.9 Å². The summed E-state index contributed by atoms with van der Waals surface area (Å²) < 4.78 is 10.8.